The Kier molecular flexibility index (Phi) is 7.77. The largest absolute Gasteiger partial charge is 0.417 e. The molecule has 2 atom stereocenters. The van der Waals surface area contributed by atoms with Gasteiger partial charge in [0, 0.05) is 30.3 Å². The molecule has 0 bridgehead atoms. The van der Waals surface area contributed by atoms with Gasteiger partial charge in [0.05, 0.1) is 10.6 Å². The molecular formula is C26H22ClF3N4O5. The second-order valence-corrected chi connectivity index (χ2v) is 9.54. The van der Waals surface area contributed by atoms with Crippen LogP contribution in [-0.2, 0) is 30.1 Å². The Hall–Kier alpha value is -4.19. The number of hydrogen-bond acceptors (Lipinski definition) is 6. The van der Waals surface area contributed by atoms with Crippen molar-refractivity contribution in [3.63, 3.8) is 0 Å². The Balaban J connectivity index is 1.38. The molecule has 39 heavy (non-hydrogen) atoms. The summed E-state index contributed by atoms with van der Waals surface area (Å²) in [6, 6.07) is 8.63. The summed E-state index contributed by atoms with van der Waals surface area (Å²) in [5.41, 5.74) is 0.230. The maximum absolute atomic E-state index is 12.9. The van der Waals surface area contributed by atoms with E-state index in [1.54, 1.807) is 31.2 Å². The molecule has 0 spiro atoms. The molecule has 0 aromatic heterocycles. The van der Waals surface area contributed by atoms with Gasteiger partial charge in [-0.15, -0.1) is 0 Å². The van der Waals surface area contributed by atoms with Crippen LogP contribution in [0.4, 0.5) is 24.5 Å². The number of piperidine rings is 1. The lowest BCUT2D eigenvalue weighted by atomic mass is 9.97. The fourth-order valence-electron chi connectivity index (χ4n) is 4.31. The van der Waals surface area contributed by atoms with E-state index in [2.05, 4.69) is 16.0 Å². The first-order chi connectivity index (χ1) is 18.3. The lowest BCUT2D eigenvalue weighted by Gasteiger charge is -2.28. The molecule has 2 unspecified atom stereocenters. The molecule has 1 fully saturated rings. The average Bonchev–Trinajstić information content (AvgIpc) is 3.11. The maximum Gasteiger partial charge on any atom is 0.417 e. The van der Waals surface area contributed by atoms with E-state index >= 15 is 0 Å². The van der Waals surface area contributed by atoms with Crippen molar-refractivity contribution in [2.75, 3.05) is 10.6 Å². The SMILES string of the molecule is CC(CC(=O)Nc1ccc(C(F)(F)F)c(Cl)c1)c1cccc(NC2=CC(=O)N(C3CCC(=O)NC3=O)C2=O)c1. The van der Waals surface area contributed by atoms with E-state index in [-0.39, 0.29) is 36.6 Å². The van der Waals surface area contributed by atoms with Crippen LogP contribution >= 0.6 is 11.6 Å². The molecule has 1 saturated heterocycles. The zero-order valence-electron chi connectivity index (χ0n) is 20.4. The van der Waals surface area contributed by atoms with Gasteiger partial charge in [0.1, 0.15) is 11.7 Å². The molecule has 9 nitrogen and oxygen atoms in total. The number of benzene rings is 2. The van der Waals surface area contributed by atoms with Crippen molar-refractivity contribution in [2.45, 2.75) is 44.3 Å². The van der Waals surface area contributed by atoms with Crippen LogP contribution in [0.3, 0.4) is 0 Å². The molecule has 2 aromatic rings. The first-order valence-corrected chi connectivity index (χ1v) is 12.2. The van der Waals surface area contributed by atoms with Crippen molar-refractivity contribution in [1.82, 2.24) is 10.2 Å². The number of amides is 5. The highest BCUT2D eigenvalue weighted by molar-refractivity contribution is 6.31. The lowest BCUT2D eigenvalue weighted by Crippen LogP contribution is -2.54. The van der Waals surface area contributed by atoms with Crippen LogP contribution < -0.4 is 16.0 Å². The summed E-state index contributed by atoms with van der Waals surface area (Å²) in [5, 5.41) is 6.99. The first-order valence-electron chi connectivity index (χ1n) is 11.8. The number of carbonyl (C=O) groups is 5. The summed E-state index contributed by atoms with van der Waals surface area (Å²) in [4.78, 5) is 62.2. The molecule has 2 aliphatic rings. The highest BCUT2D eigenvalue weighted by atomic mass is 35.5. The molecule has 2 aromatic carbocycles. The van der Waals surface area contributed by atoms with E-state index in [9.17, 15) is 37.1 Å². The molecule has 0 saturated carbocycles. The van der Waals surface area contributed by atoms with Gasteiger partial charge >= 0.3 is 6.18 Å². The second-order valence-electron chi connectivity index (χ2n) is 9.13. The third-order valence-corrected chi connectivity index (χ3v) is 6.57. The fourth-order valence-corrected chi connectivity index (χ4v) is 4.59. The van der Waals surface area contributed by atoms with Crippen LogP contribution in [0.25, 0.3) is 0 Å². The van der Waals surface area contributed by atoms with Crippen LogP contribution in [0.2, 0.25) is 5.02 Å². The standard InChI is InChI=1S/C26H22ClF3N4O5/c1-13(9-22(36)32-16-5-6-17(18(27)11-16)26(28,29)30)14-3-2-4-15(10-14)31-19-12-23(37)34(25(19)39)20-7-8-21(35)33-24(20)38/h2-6,10-13,20,31H,7-9H2,1H3,(H,32,36)(H,33,35,38). The molecule has 0 radical (unpaired) electrons. The zero-order valence-corrected chi connectivity index (χ0v) is 21.2. The highest BCUT2D eigenvalue weighted by Gasteiger charge is 2.42. The first kappa shape index (κ1) is 27.8. The van der Waals surface area contributed by atoms with Gasteiger partial charge in [-0.3, -0.25) is 34.2 Å². The molecule has 0 aliphatic carbocycles. The number of imide groups is 2. The van der Waals surface area contributed by atoms with Crippen LogP contribution in [0.15, 0.2) is 54.2 Å². The third kappa shape index (κ3) is 6.28. The number of rotatable bonds is 7. The van der Waals surface area contributed by atoms with Gasteiger partial charge in [-0.25, -0.2) is 0 Å². The zero-order chi connectivity index (χ0) is 28.5. The number of carbonyl (C=O) groups excluding carboxylic acids is 5. The van der Waals surface area contributed by atoms with Crippen LogP contribution in [-0.4, -0.2) is 40.5 Å². The fraction of sp³-hybridized carbons (Fsp3) is 0.269. The number of alkyl halides is 3. The minimum absolute atomic E-state index is 0.00844. The minimum atomic E-state index is -4.61. The minimum Gasteiger partial charge on any atom is -0.351 e. The summed E-state index contributed by atoms with van der Waals surface area (Å²) in [7, 11) is 0. The molecule has 5 amide bonds. The number of nitrogens with one attached hydrogen (secondary N) is 3. The van der Waals surface area contributed by atoms with Gasteiger partial charge in [0.15, 0.2) is 0 Å². The molecule has 3 N–H and O–H groups in total. The van der Waals surface area contributed by atoms with Crippen LogP contribution in [0, 0.1) is 0 Å². The van der Waals surface area contributed by atoms with E-state index in [0.29, 0.717) is 11.3 Å². The molecular weight excluding hydrogens is 541 g/mol. The highest BCUT2D eigenvalue weighted by Crippen LogP contribution is 2.36. The quantitative estimate of drug-likeness (QED) is 0.439. The smallest absolute Gasteiger partial charge is 0.351 e. The second kappa shape index (κ2) is 10.9. The summed E-state index contributed by atoms with van der Waals surface area (Å²) < 4.78 is 38.7. The summed E-state index contributed by atoms with van der Waals surface area (Å²) in [6.45, 7) is 1.77. The molecule has 2 aliphatic heterocycles. The normalized spacial score (nSPS) is 18.5. The van der Waals surface area contributed by atoms with Gasteiger partial charge in [-0.2, -0.15) is 13.2 Å². The maximum atomic E-state index is 12.9. The Labute approximate surface area is 225 Å². The Morgan fingerprint density at radius 3 is 2.54 bits per heavy atom. The predicted molar refractivity (Wildman–Crippen MR) is 134 cm³/mol. The van der Waals surface area contributed by atoms with Crippen LogP contribution in [0.5, 0.6) is 0 Å². The van der Waals surface area contributed by atoms with Crippen molar-refractivity contribution in [2.24, 2.45) is 0 Å². The van der Waals surface area contributed by atoms with Crippen molar-refractivity contribution in [3.8, 4) is 0 Å². The van der Waals surface area contributed by atoms with Crippen molar-refractivity contribution in [3.05, 3.63) is 70.4 Å². The summed E-state index contributed by atoms with van der Waals surface area (Å²) >= 11 is 5.71. The topological polar surface area (TPSA) is 125 Å². The van der Waals surface area contributed by atoms with E-state index < -0.39 is 52.3 Å². The van der Waals surface area contributed by atoms with Crippen molar-refractivity contribution in [1.29, 1.82) is 0 Å². The van der Waals surface area contributed by atoms with E-state index in [4.69, 9.17) is 11.6 Å². The number of halogens is 4. The van der Waals surface area contributed by atoms with Crippen molar-refractivity contribution < 1.29 is 37.1 Å². The Bertz CT molecular complexity index is 1410. The Morgan fingerprint density at radius 1 is 1.13 bits per heavy atom. The number of nitrogens with zero attached hydrogens (tertiary/aromatic N) is 1. The summed E-state index contributed by atoms with van der Waals surface area (Å²) in [5.74, 6) is -3.34. The molecule has 2 heterocycles. The van der Waals surface area contributed by atoms with Crippen LogP contribution in [0.1, 0.15) is 43.2 Å². The summed E-state index contributed by atoms with van der Waals surface area (Å²) in [6.07, 6.45) is -3.49. The van der Waals surface area contributed by atoms with Crippen molar-refractivity contribution >= 4 is 52.5 Å². The third-order valence-electron chi connectivity index (χ3n) is 6.26. The van der Waals surface area contributed by atoms with E-state index in [1.807, 2.05) is 0 Å². The monoisotopic (exact) mass is 562 g/mol. The van der Waals surface area contributed by atoms with E-state index in [1.165, 1.54) is 0 Å². The average molecular weight is 563 g/mol. The molecule has 13 heteroatoms. The number of anilines is 2. The van der Waals surface area contributed by atoms with E-state index in [0.717, 1.165) is 29.2 Å². The number of hydrogen-bond donors (Lipinski definition) is 3. The molecule has 204 valence electrons. The van der Waals surface area contributed by atoms with Gasteiger partial charge in [0.2, 0.25) is 17.7 Å². The van der Waals surface area contributed by atoms with Gasteiger partial charge in [-0.1, -0.05) is 30.7 Å². The van der Waals surface area contributed by atoms with Gasteiger partial charge in [0.25, 0.3) is 11.8 Å². The lowest BCUT2D eigenvalue weighted by molar-refractivity contribution is -0.149. The molecule has 4 rings (SSSR count). The Morgan fingerprint density at radius 2 is 1.87 bits per heavy atom. The van der Waals surface area contributed by atoms with Gasteiger partial charge in [-0.05, 0) is 48.2 Å². The van der Waals surface area contributed by atoms with Gasteiger partial charge < -0.3 is 10.6 Å². The predicted octanol–water partition coefficient (Wildman–Crippen LogP) is 3.96.